The van der Waals surface area contributed by atoms with Gasteiger partial charge in [0.2, 0.25) is 0 Å². The number of halogens is 1. The SMILES string of the molecule is Cc1cc(Br)c2nc(CCCN)nn2c1. The molecule has 80 valence electrons. The summed E-state index contributed by atoms with van der Waals surface area (Å²) in [6.45, 7) is 2.71. The van der Waals surface area contributed by atoms with Crippen molar-refractivity contribution in [3.05, 3.63) is 28.1 Å². The lowest BCUT2D eigenvalue weighted by Gasteiger charge is -1.96. The number of rotatable bonds is 3. The van der Waals surface area contributed by atoms with Crippen LogP contribution in [0.15, 0.2) is 16.7 Å². The monoisotopic (exact) mass is 268 g/mol. The summed E-state index contributed by atoms with van der Waals surface area (Å²) in [6.07, 6.45) is 3.73. The van der Waals surface area contributed by atoms with Crippen LogP contribution < -0.4 is 5.73 Å². The first-order valence-corrected chi connectivity index (χ1v) is 5.71. The van der Waals surface area contributed by atoms with Crippen LogP contribution in [0.1, 0.15) is 17.8 Å². The number of fused-ring (bicyclic) bond motifs is 1. The number of nitrogens with two attached hydrogens (primary N) is 1. The Bertz CT molecular complexity index is 477. The number of aryl methyl sites for hydroxylation is 2. The number of nitrogens with zero attached hydrogens (tertiary/aromatic N) is 3. The Morgan fingerprint density at radius 3 is 3.07 bits per heavy atom. The molecular weight excluding hydrogens is 256 g/mol. The predicted octanol–water partition coefficient (Wildman–Crippen LogP) is 1.69. The van der Waals surface area contributed by atoms with Gasteiger partial charge in [0.1, 0.15) is 0 Å². The molecule has 0 atom stereocenters. The molecule has 2 heterocycles. The highest BCUT2D eigenvalue weighted by Crippen LogP contribution is 2.18. The third kappa shape index (κ3) is 2.18. The molecular formula is C10H13BrN4. The van der Waals surface area contributed by atoms with E-state index in [9.17, 15) is 0 Å². The first-order valence-electron chi connectivity index (χ1n) is 4.92. The minimum Gasteiger partial charge on any atom is -0.330 e. The van der Waals surface area contributed by atoms with Gasteiger partial charge in [-0.25, -0.2) is 9.50 Å². The molecule has 0 unspecified atom stereocenters. The van der Waals surface area contributed by atoms with Gasteiger partial charge in [-0.3, -0.25) is 0 Å². The highest BCUT2D eigenvalue weighted by molar-refractivity contribution is 9.10. The quantitative estimate of drug-likeness (QED) is 0.922. The molecule has 0 saturated carbocycles. The Morgan fingerprint density at radius 1 is 1.53 bits per heavy atom. The molecule has 0 fully saturated rings. The molecule has 0 aromatic carbocycles. The number of pyridine rings is 1. The third-order valence-electron chi connectivity index (χ3n) is 2.17. The van der Waals surface area contributed by atoms with Crippen molar-refractivity contribution >= 4 is 21.6 Å². The van der Waals surface area contributed by atoms with E-state index in [1.807, 2.05) is 23.7 Å². The van der Waals surface area contributed by atoms with Gasteiger partial charge in [-0.15, -0.1) is 0 Å². The second kappa shape index (κ2) is 4.28. The smallest absolute Gasteiger partial charge is 0.169 e. The van der Waals surface area contributed by atoms with Crippen molar-refractivity contribution in [3.63, 3.8) is 0 Å². The molecule has 0 aliphatic carbocycles. The molecule has 2 aromatic heterocycles. The Balaban J connectivity index is 2.41. The molecule has 0 spiro atoms. The van der Waals surface area contributed by atoms with E-state index in [0.29, 0.717) is 6.54 Å². The van der Waals surface area contributed by atoms with Crippen molar-refractivity contribution in [1.82, 2.24) is 14.6 Å². The van der Waals surface area contributed by atoms with Gasteiger partial charge >= 0.3 is 0 Å². The summed E-state index contributed by atoms with van der Waals surface area (Å²) in [5, 5.41) is 4.39. The molecule has 0 aliphatic rings. The van der Waals surface area contributed by atoms with Crippen molar-refractivity contribution in [2.24, 2.45) is 5.73 Å². The fourth-order valence-corrected chi connectivity index (χ4v) is 2.11. The topological polar surface area (TPSA) is 56.2 Å². The maximum absolute atomic E-state index is 5.45. The fourth-order valence-electron chi connectivity index (χ4n) is 1.48. The molecule has 4 nitrogen and oxygen atoms in total. The van der Waals surface area contributed by atoms with Crippen molar-refractivity contribution < 1.29 is 0 Å². The van der Waals surface area contributed by atoms with Crippen LogP contribution in [0.25, 0.3) is 5.65 Å². The average molecular weight is 269 g/mol. The lowest BCUT2D eigenvalue weighted by atomic mass is 10.3. The van der Waals surface area contributed by atoms with Crippen LogP contribution >= 0.6 is 15.9 Å². The van der Waals surface area contributed by atoms with Gasteiger partial charge in [-0.1, -0.05) is 0 Å². The Labute approximate surface area is 96.6 Å². The van der Waals surface area contributed by atoms with Crippen LogP contribution in [0.5, 0.6) is 0 Å². The van der Waals surface area contributed by atoms with Crippen LogP contribution in [0.4, 0.5) is 0 Å². The molecule has 5 heteroatoms. The first kappa shape index (κ1) is 10.6. The zero-order valence-corrected chi connectivity index (χ0v) is 10.2. The normalized spacial score (nSPS) is 11.1. The Hall–Kier alpha value is -0.940. The van der Waals surface area contributed by atoms with Gasteiger partial charge in [-0.05, 0) is 47.4 Å². The average Bonchev–Trinajstić information content (AvgIpc) is 2.57. The Morgan fingerprint density at radius 2 is 2.33 bits per heavy atom. The maximum Gasteiger partial charge on any atom is 0.169 e. The second-order valence-electron chi connectivity index (χ2n) is 3.55. The highest BCUT2D eigenvalue weighted by atomic mass is 79.9. The van der Waals surface area contributed by atoms with Crippen molar-refractivity contribution in [2.45, 2.75) is 19.8 Å². The molecule has 0 saturated heterocycles. The lowest BCUT2D eigenvalue weighted by molar-refractivity contribution is 0.773. The summed E-state index contributed by atoms with van der Waals surface area (Å²) in [5.74, 6) is 0.853. The van der Waals surface area contributed by atoms with Crippen molar-refractivity contribution in [1.29, 1.82) is 0 Å². The minimum atomic E-state index is 0.676. The Kier molecular flexibility index (Phi) is 3.02. The van der Waals surface area contributed by atoms with Crippen molar-refractivity contribution in [3.8, 4) is 0 Å². The summed E-state index contributed by atoms with van der Waals surface area (Å²) < 4.78 is 2.79. The predicted molar refractivity (Wildman–Crippen MR) is 62.8 cm³/mol. The van der Waals surface area contributed by atoms with E-state index < -0.39 is 0 Å². The van der Waals surface area contributed by atoms with Crippen molar-refractivity contribution in [2.75, 3.05) is 6.54 Å². The standard InChI is InChI=1S/C10H13BrN4/c1-7-5-8(11)10-13-9(3-2-4-12)14-15(10)6-7/h5-6H,2-4,12H2,1H3. The third-order valence-corrected chi connectivity index (χ3v) is 2.76. The first-order chi connectivity index (χ1) is 7.20. The molecule has 15 heavy (non-hydrogen) atoms. The molecule has 0 aliphatic heterocycles. The van der Waals surface area contributed by atoms with Crippen LogP contribution in [-0.2, 0) is 6.42 Å². The largest absolute Gasteiger partial charge is 0.330 e. The number of aromatic nitrogens is 3. The van der Waals surface area contributed by atoms with E-state index in [-0.39, 0.29) is 0 Å². The van der Waals surface area contributed by atoms with Gasteiger partial charge in [0, 0.05) is 12.6 Å². The van der Waals surface area contributed by atoms with E-state index in [4.69, 9.17) is 5.73 Å². The van der Waals surface area contributed by atoms with Gasteiger partial charge < -0.3 is 5.73 Å². The number of hydrogen-bond donors (Lipinski definition) is 1. The number of hydrogen-bond acceptors (Lipinski definition) is 3. The van der Waals surface area contributed by atoms with Crippen LogP contribution in [0, 0.1) is 6.92 Å². The minimum absolute atomic E-state index is 0.676. The van der Waals surface area contributed by atoms with E-state index in [1.54, 1.807) is 0 Å². The van der Waals surface area contributed by atoms with E-state index in [0.717, 1.165) is 34.3 Å². The van der Waals surface area contributed by atoms with E-state index in [1.165, 1.54) is 0 Å². The zero-order valence-electron chi connectivity index (χ0n) is 8.57. The molecule has 0 radical (unpaired) electrons. The van der Waals surface area contributed by atoms with Gasteiger partial charge in [-0.2, -0.15) is 5.10 Å². The summed E-state index contributed by atoms with van der Waals surface area (Å²) in [7, 11) is 0. The zero-order chi connectivity index (χ0) is 10.8. The molecule has 0 bridgehead atoms. The van der Waals surface area contributed by atoms with Crippen LogP contribution in [-0.4, -0.2) is 21.1 Å². The summed E-state index contributed by atoms with van der Waals surface area (Å²) in [6, 6.07) is 2.04. The summed E-state index contributed by atoms with van der Waals surface area (Å²) in [5.41, 5.74) is 7.48. The lowest BCUT2D eigenvalue weighted by Crippen LogP contribution is -2.01. The highest BCUT2D eigenvalue weighted by Gasteiger charge is 2.06. The summed E-state index contributed by atoms with van der Waals surface area (Å²) in [4.78, 5) is 4.44. The maximum atomic E-state index is 5.45. The van der Waals surface area contributed by atoms with Gasteiger partial charge in [0.15, 0.2) is 11.5 Å². The molecule has 2 aromatic rings. The van der Waals surface area contributed by atoms with E-state index in [2.05, 4.69) is 26.0 Å². The van der Waals surface area contributed by atoms with Crippen LogP contribution in [0.3, 0.4) is 0 Å². The molecule has 2 rings (SSSR count). The van der Waals surface area contributed by atoms with Gasteiger partial charge in [0.25, 0.3) is 0 Å². The van der Waals surface area contributed by atoms with Crippen LogP contribution in [0.2, 0.25) is 0 Å². The second-order valence-corrected chi connectivity index (χ2v) is 4.41. The van der Waals surface area contributed by atoms with E-state index >= 15 is 0 Å². The molecule has 2 N–H and O–H groups in total. The fraction of sp³-hybridized carbons (Fsp3) is 0.400. The van der Waals surface area contributed by atoms with Gasteiger partial charge in [0.05, 0.1) is 4.47 Å². The summed E-state index contributed by atoms with van der Waals surface area (Å²) >= 11 is 3.48. The molecule has 0 amide bonds.